The Morgan fingerprint density at radius 1 is 1.11 bits per heavy atom. The Kier molecular flexibility index (Phi) is 5.89. The van der Waals surface area contributed by atoms with Crippen molar-refractivity contribution in [2.45, 2.75) is 69.9 Å². The Labute approximate surface area is 213 Å². The summed E-state index contributed by atoms with van der Waals surface area (Å²) in [5.74, 6) is -0.0498. The summed E-state index contributed by atoms with van der Waals surface area (Å²) in [5, 5.41) is 2.81. The Morgan fingerprint density at radius 2 is 1.89 bits per heavy atom. The molecule has 10 heteroatoms. The molecular weight excluding hydrogens is 485 g/mol. The summed E-state index contributed by atoms with van der Waals surface area (Å²) in [5.41, 5.74) is 1.19. The van der Waals surface area contributed by atoms with Crippen LogP contribution in [0.5, 0.6) is 0 Å². The SMILES string of the molecule is C[C@H]1CC[C@H](N2Cc3cc(NC(=O)c4cccc(C(F)(F)F)n4)c(N4C[C@H]5C[C@@H]4CO5)cc3C2=O)CC1. The third-order valence-electron chi connectivity index (χ3n) is 8.21. The molecule has 6 rings (SSSR count). The van der Waals surface area contributed by atoms with Crippen LogP contribution in [0.25, 0.3) is 0 Å². The van der Waals surface area contributed by atoms with Gasteiger partial charge in [0.2, 0.25) is 0 Å². The molecule has 0 unspecified atom stereocenters. The van der Waals surface area contributed by atoms with Crippen LogP contribution < -0.4 is 10.2 Å². The number of hydrogen-bond acceptors (Lipinski definition) is 5. The van der Waals surface area contributed by atoms with Gasteiger partial charge in [0.1, 0.15) is 11.4 Å². The Hall–Kier alpha value is -3.14. The number of anilines is 2. The normalized spacial score (nSPS) is 27.1. The number of benzene rings is 1. The summed E-state index contributed by atoms with van der Waals surface area (Å²) in [6.45, 7) is 3.90. The van der Waals surface area contributed by atoms with E-state index in [2.05, 4.69) is 22.1 Å². The number of rotatable bonds is 4. The van der Waals surface area contributed by atoms with Crippen LogP contribution in [0.2, 0.25) is 0 Å². The zero-order valence-corrected chi connectivity index (χ0v) is 20.6. The molecule has 4 aliphatic rings. The first-order valence-electron chi connectivity index (χ1n) is 12.9. The molecular formula is C27H29F3N4O3. The van der Waals surface area contributed by atoms with Crippen LogP contribution in [0, 0.1) is 5.92 Å². The van der Waals surface area contributed by atoms with E-state index in [4.69, 9.17) is 4.74 Å². The van der Waals surface area contributed by atoms with Gasteiger partial charge in [-0.1, -0.05) is 13.0 Å². The number of ether oxygens (including phenoxy) is 1. The molecule has 0 radical (unpaired) electrons. The molecule has 2 aromatic rings. The molecule has 1 aromatic carbocycles. The minimum absolute atomic E-state index is 0.00818. The molecule has 2 bridgehead atoms. The summed E-state index contributed by atoms with van der Waals surface area (Å²) in [6, 6.07) is 7.25. The Morgan fingerprint density at radius 3 is 2.57 bits per heavy atom. The van der Waals surface area contributed by atoms with Gasteiger partial charge in [-0.15, -0.1) is 0 Å². The largest absolute Gasteiger partial charge is 0.433 e. The zero-order valence-electron chi connectivity index (χ0n) is 20.6. The van der Waals surface area contributed by atoms with Crippen molar-refractivity contribution in [3.05, 3.63) is 52.8 Å². The van der Waals surface area contributed by atoms with Crippen LogP contribution in [0.3, 0.4) is 0 Å². The van der Waals surface area contributed by atoms with E-state index < -0.39 is 17.8 Å². The molecule has 3 aliphatic heterocycles. The number of alkyl halides is 3. The number of fused-ring (bicyclic) bond motifs is 3. The number of pyridine rings is 1. The van der Waals surface area contributed by atoms with Crippen LogP contribution in [0.1, 0.15) is 71.1 Å². The fourth-order valence-electron chi connectivity index (χ4n) is 6.16. The number of nitrogens with one attached hydrogen (secondary N) is 1. The second-order valence-electron chi connectivity index (χ2n) is 10.7. The van der Waals surface area contributed by atoms with Crippen LogP contribution in [0.15, 0.2) is 30.3 Å². The molecule has 37 heavy (non-hydrogen) atoms. The molecule has 2 saturated heterocycles. The maximum atomic E-state index is 13.5. The van der Waals surface area contributed by atoms with Crippen molar-refractivity contribution in [3.8, 4) is 0 Å². The van der Waals surface area contributed by atoms with Crippen molar-refractivity contribution in [1.82, 2.24) is 9.88 Å². The van der Waals surface area contributed by atoms with E-state index in [-0.39, 0.29) is 29.8 Å². The first kappa shape index (κ1) is 24.2. The number of amides is 2. The van der Waals surface area contributed by atoms with E-state index in [9.17, 15) is 22.8 Å². The van der Waals surface area contributed by atoms with Gasteiger partial charge in [0.15, 0.2) is 0 Å². The molecule has 2 atom stereocenters. The topological polar surface area (TPSA) is 74.8 Å². The maximum Gasteiger partial charge on any atom is 0.433 e. The van der Waals surface area contributed by atoms with E-state index in [0.29, 0.717) is 42.6 Å². The van der Waals surface area contributed by atoms with Crippen molar-refractivity contribution in [1.29, 1.82) is 0 Å². The van der Waals surface area contributed by atoms with Gasteiger partial charge in [0, 0.05) is 24.7 Å². The predicted octanol–water partition coefficient (Wildman–Crippen LogP) is 4.86. The highest BCUT2D eigenvalue weighted by Crippen LogP contribution is 2.41. The average molecular weight is 515 g/mol. The quantitative estimate of drug-likeness (QED) is 0.631. The highest BCUT2D eigenvalue weighted by molar-refractivity contribution is 6.07. The molecule has 2 amide bonds. The first-order valence-corrected chi connectivity index (χ1v) is 12.9. The van der Waals surface area contributed by atoms with Crippen molar-refractivity contribution < 1.29 is 27.5 Å². The molecule has 4 heterocycles. The van der Waals surface area contributed by atoms with Gasteiger partial charge in [0.05, 0.1) is 30.1 Å². The van der Waals surface area contributed by atoms with Crippen molar-refractivity contribution in [2.24, 2.45) is 5.92 Å². The van der Waals surface area contributed by atoms with Crippen molar-refractivity contribution in [3.63, 3.8) is 0 Å². The van der Waals surface area contributed by atoms with Crippen molar-refractivity contribution in [2.75, 3.05) is 23.4 Å². The number of carbonyl (C=O) groups excluding carboxylic acids is 2. The number of hydrogen-bond donors (Lipinski definition) is 1. The standard InChI is InChI=1S/C27H29F3N4O3/c1-15-5-7-17(8-6-15)34-12-16-9-22(32-25(35)21-3-2-4-24(31-21)27(28,29)30)23(11-20(16)26(34)36)33-13-19-10-18(33)14-37-19/h2-4,9,11,15,17-19H,5-8,10,12-14H2,1H3,(H,32,35)/t15-,17-,18-,19-/m1/s1. The van der Waals surface area contributed by atoms with Crippen LogP contribution in [0.4, 0.5) is 24.5 Å². The van der Waals surface area contributed by atoms with E-state index in [1.165, 1.54) is 12.1 Å². The van der Waals surface area contributed by atoms with Gasteiger partial charge >= 0.3 is 6.18 Å². The summed E-state index contributed by atoms with van der Waals surface area (Å²) in [6.07, 6.45) is 0.446. The number of aromatic nitrogens is 1. The van der Waals surface area contributed by atoms with E-state index in [1.54, 1.807) is 0 Å². The van der Waals surface area contributed by atoms with Crippen molar-refractivity contribution >= 4 is 23.2 Å². The number of morpholine rings is 1. The lowest BCUT2D eigenvalue weighted by Gasteiger charge is -2.33. The van der Waals surface area contributed by atoms with Crippen LogP contribution >= 0.6 is 0 Å². The van der Waals surface area contributed by atoms with Gasteiger partial charge < -0.3 is 19.9 Å². The van der Waals surface area contributed by atoms with Crippen LogP contribution in [-0.4, -0.2) is 53.0 Å². The highest BCUT2D eigenvalue weighted by Gasteiger charge is 2.42. The second-order valence-corrected chi connectivity index (χ2v) is 10.7. The average Bonchev–Trinajstić information content (AvgIpc) is 3.59. The number of halogens is 3. The lowest BCUT2D eigenvalue weighted by Crippen LogP contribution is -2.38. The minimum Gasteiger partial charge on any atom is -0.374 e. The van der Waals surface area contributed by atoms with Gasteiger partial charge in [0.25, 0.3) is 11.8 Å². The summed E-state index contributed by atoms with van der Waals surface area (Å²) >= 11 is 0. The molecule has 1 aromatic heterocycles. The predicted molar refractivity (Wildman–Crippen MR) is 130 cm³/mol. The molecule has 196 valence electrons. The van der Waals surface area contributed by atoms with E-state index in [0.717, 1.165) is 43.7 Å². The molecule has 1 aliphatic carbocycles. The van der Waals surface area contributed by atoms with Crippen LogP contribution in [-0.2, 0) is 17.5 Å². The molecule has 1 N–H and O–H groups in total. The summed E-state index contributed by atoms with van der Waals surface area (Å²) in [7, 11) is 0. The summed E-state index contributed by atoms with van der Waals surface area (Å²) in [4.78, 5) is 34.2. The third-order valence-corrected chi connectivity index (χ3v) is 8.21. The van der Waals surface area contributed by atoms with E-state index in [1.807, 2.05) is 17.0 Å². The summed E-state index contributed by atoms with van der Waals surface area (Å²) < 4.78 is 45.2. The number of carbonyl (C=O) groups is 2. The number of nitrogens with zero attached hydrogens (tertiary/aromatic N) is 3. The van der Waals surface area contributed by atoms with Gasteiger partial charge in [-0.3, -0.25) is 9.59 Å². The Balaban J connectivity index is 1.32. The van der Waals surface area contributed by atoms with Gasteiger partial charge in [-0.25, -0.2) is 4.98 Å². The molecule has 1 saturated carbocycles. The monoisotopic (exact) mass is 514 g/mol. The molecule has 7 nitrogen and oxygen atoms in total. The first-order chi connectivity index (χ1) is 17.7. The lowest BCUT2D eigenvalue weighted by atomic mass is 9.86. The third kappa shape index (κ3) is 4.45. The fourth-order valence-corrected chi connectivity index (χ4v) is 6.16. The molecule has 0 spiro atoms. The van der Waals surface area contributed by atoms with Gasteiger partial charge in [-0.05, 0) is 67.9 Å². The second kappa shape index (κ2) is 9.01. The highest BCUT2D eigenvalue weighted by atomic mass is 19.4. The minimum atomic E-state index is -4.65. The maximum absolute atomic E-state index is 13.5. The molecule has 3 fully saturated rings. The lowest BCUT2D eigenvalue weighted by molar-refractivity contribution is -0.141. The van der Waals surface area contributed by atoms with Gasteiger partial charge in [-0.2, -0.15) is 13.2 Å². The Bertz CT molecular complexity index is 1240. The zero-order chi connectivity index (χ0) is 25.9. The van der Waals surface area contributed by atoms with E-state index >= 15 is 0 Å². The smallest absolute Gasteiger partial charge is 0.374 e. The fraction of sp³-hybridized carbons (Fsp3) is 0.519.